The average Bonchev–Trinajstić information content (AvgIpc) is 2.88. The number of anilines is 1. The first-order valence-corrected chi connectivity index (χ1v) is 11.5. The Bertz CT molecular complexity index is 943. The molecular formula is C23H27FN4OS. The lowest BCUT2D eigenvalue weighted by Crippen LogP contribution is -2.48. The highest BCUT2D eigenvalue weighted by Crippen LogP contribution is 2.36. The fraction of sp³-hybridized carbons (Fsp3) is 0.478. The van der Waals surface area contributed by atoms with Gasteiger partial charge in [-0.15, -0.1) is 11.3 Å². The topological polar surface area (TPSA) is 59.4 Å². The second kappa shape index (κ2) is 9.69. The maximum Gasteiger partial charge on any atom is 0.239 e. The quantitative estimate of drug-likeness (QED) is 0.739. The Hall–Kier alpha value is -2.27. The summed E-state index contributed by atoms with van der Waals surface area (Å²) in [6.07, 6.45) is 5.44. The van der Waals surface area contributed by atoms with E-state index in [0.717, 1.165) is 74.5 Å². The zero-order valence-electron chi connectivity index (χ0n) is 17.1. The molecule has 1 aliphatic heterocycles. The molecule has 30 heavy (non-hydrogen) atoms. The van der Waals surface area contributed by atoms with Crippen LogP contribution in [0.2, 0.25) is 0 Å². The number of aryl methyl sites for hydroxylation is 1. The van der Waals surface area contributed by atoms with E-state index in [1.165, 1.54) is 17.4 Å². The van der Waals surface area contributed by atoms with Gasteiger partial charge in [0.1, 0.15) is 16.9 Å². The number of benzene rings is 1. The van der Waals surface area contributed by atoms with E-state index >= 15 is 0 Å². The smallest absolute Gasteiger partial charge is 0.239 e. The van der Waals surface area contributed by atoms with E-state index in [9.17, 15) is 14.4 Å². The van der Waals surface area contributed by atoms with Gasteiger partial charge in [-0.3, -0.25) is 14.6 Å². The third-order valence-corrected chi connectivity index (χ3v) is 7.12. The third-order valence-electron chi connectivity index (χ3n) is 5.91. The van der Waals surface area contributed by atoms with E-state index in [-0.39, 0.29) is 11.7 Å². The molecular weight excluding hydrogens is 399 g/mol. The minimum atomic E-state index is -0.203. The molecule has 5 nitrogen and oxygen atoms in total. The normalized spacial score (nSPS) is 17.7. The number of rotatable bonds is 5. The summed E-state index contributed by atoms with van der Waals surface area (Å²) < 4.78 is 13.4. The molecule has 1 aromatic heterocycles. The van der Waals surface area contributed by atoms with Crippen LogP contribution in [0.4, 0.5) is 9.39 Å². The van der Waals surface area contributed by atoms with Crippen LogP contribution in [0.3, 0.4) is 0 Å². The number of carbonyl (C=O) groups excluding carboxylic acids is 1. The summed E-state index contributed by atoms with van der Waals surface area (Å²) in [5, 5.41) is 13.3. The number of amides is 1. The highest BCUT2D eigenvalue weighted by molar-refractivity contribution is 7.16. The molecule has 7 heteroatoms. The highest BCUT2D eigenvalue weighted by Gasteiger charge is 2.23. The van der Waals surface area contributed by atoms with Crippen molar-refractivity contribution in [2.45, 2.75) is 38.6 Å². The van der Waals surface area contributed by atoms with Crippen LogP contribution in [0.5, 0.6) is 0 Å². The third kappa shape index (κ3) is 5.07. The number of carbonyl (C=O) groups is 1. The van der Waals surface area contributed by atoms with Gasteiger partial charge in [0.15, 0.2) is 0 Å². The lowest BCUT2D eigenvalue weighted by Gasteiger charge is -2.34. The lowest BCUT2D eigenvalue weighted by atomic mass is 10.1. The molecule has 2 aromatic rings. The molecule has 1 N–H and O–H groups in total. The second-order valence-electron chi connectivity index (χ2n) is 8.11. The molecule has 2 heterocycles. The van der Waals surface area contributed by atoms with Gasteiger partial charge in [-0.25, -0.2) is 4.39 Å². The number of piperazine rings is 1. The number of nitrogens with zero attached hydrogens (tertiary/aromatic N) is 3. The van der Waals surface area contributed by atoms with Crippen molar-refractivity contribution in [2.24, 2.45) is 0 Å². The molecule has 2 aliphatic rings. The molecule has 0 unspecified atom stereocenters. The monoisotopic (exact) mass is 426 g/mol. The predicted molar refractivity (Wildman–Crippen MR) is 117 cm³/mol. The number of thiophene rings is 1. The summed E-state index contributed by atoms with van der Waals surface area (Å²) in [5.74, 6) is -0.257. The lowest BCUT2D eigenvalue weighted by molar-refractivity contribution is -0.117. The summed E-state index contributed by atoms with van der Waals surface area (Å²) in [4.78, 5) is 18.3. The largest absolute Gasteiger partial charge is 0.315 e. The number of nitrogens with one attached hydrogen (secondary N) is 1. The van der Waals surface area contributed by atoms with Crippen molar-refractivity contribution < 1.29 is 9.18 Å². The summed E-state index contributed by atoms with van der Waals surface area (Å²) in [6.45, 7) is 4.36. The van der Waals surface area contributed by atoms with Crippen LogP contribution < -0.4 is 5.32 Å². The minimum absolute atomic E-state index is 0.0542. The van der Waals surface area contributed by atoms with Crippen LogP contribution in [0.15, 0.2) is 24.3 Å². The average molecular weight is 427 g/mol. The van der Waals surface area contributed by atoms with Gasteiger partial charge in [-0.1, -0.05) is 18.6 Å². The van der Waals surface area contributed by atoms with Crippen LogP contribution in [-0.2, 0) is 24.2 Å². The molecule has 1 aliphatic carbocycles. The standard InChI is InChI=1S/C23H27FN4OS/c24-18-6-4-5-17(13-18)15-27-9-11-28(12-10-27)16-22(29)26-23-20(14-25)19-7-2-1-3-8-21(19)30-23/h4-6,13H,1-3,7-12,15-16H2,(H,26,29). The number of halogens is 1. The van der Waals surface area contributed by atoms with E-state index in [0.29, 0.717) is 12.1 Å². The molecule has 4 rings (SSSR count). The number of hydrogen-bond donors (Lipinski definition) is 1. The molecule has 0 saturated carbocycles. The molecule has 1 amide bonds. The van der Waals surface area contributed by atoms with Crippen molar-refractivity contribution in [1.29, 1.82) is 5.26 Å². The Balaban J connectivity index is 1.29. The zero-order chi connectivity index (χ0) is 20.9. The Morgan fingerprint density at radius 2 is 1.90 bits per heavy atom. The van der Waals surface area contributed by atoms with Crippen molar-refractivity contribution in [3.05, 3.63) is 51.7 Å². The van der Waals surface area contributed by atoms with Gasteiger partial charge < -0.3 is 5.32 Å². The second-order valence-corrected chi connectivity index (χ2v) is 9.22. The summed E-state index contributed by atoms with van der Waals surface area (Å²) in [5.41, 5.74) is 2.80. The maximum atomic E-state index is 13.4. The summed E-state index contributed by atoms with van der Waals surface area (Å²) in [6, 6.07) is 9.05. The number of fused-ring (bicyclic) bond motifs is 1. The predicted octanol–water partition coefficient (Wildman–Crippen LogP) is 3.78. The molecule has 0 radical (unpaired) electrons. The Labute approximate surface area is 181 Å². The van der Waals surface area contributed by atoms with E-state index in [4.69, 9.17) is 0 Å². The zero-order valence-corrected chi connectivity index (χ0v) is 17.9. The van der Waals surface area contributed by atoms with Crippen molar-refractivity contribution in [1.82, 2.24) is 9.80 Å². The van der Waals surface area contributed by atoms with Gasteiger partial charge in [0.05, 0.1) is 12.1 Å². The van der Waals surface area contributed by atoms with Crippen LogP contribution in [0, 0.1) is 17.1 Å². The van der Waals surface area contributed by atoms with E-state index < -0.39 is 0 Å². The first kappa shape index (κ1) is 21.0. The summed E-state index contributed by atoms with van der Waals surface area (Å²) in [7, 11) is 0. The van der Waals surface area contributed by atoms with E-state index in [2.05, 4.69) is 21.2 Å². The van der Waals surface area contributed by atoms with Gasteiger partial charge in [0.2, 0.25) is 5.91 Å². The number of nitriles is 1. The molecule has 1 aromatic carbocycles. The van der Waals surface area contributed by atoms with Crippen molar-refractivity contribution in [3.8, 4) is 6.07 Å². The van der Waals surface area contributed by atoms with E-state index in [1.54, 1.807) is 23.5 Å². The fourth-order valence-electron chi connectivity index (χ4n) is 4.32. The fourth-order valence-corrected chi connectivity index (χ4v) is 5.57. The van der Waals surface area contributed by atoms with Gasteiger partial charge in [-0.05, 0) is 48.9 Å². The Morgan fingerprint density at radius 1 is 1.13 bits per heavy atom. The van der Waals surface area contributed by atoms with Gasteiger partial charge >= 0.3 is 0 Å². The Kier molecular flexibility index (Phi) is 6.78. The molecule has 158 valence electrons. The summed E-state index contributed by atoms with van der Waals surface area (Å²) >= 11 is 1.58. The van der Waals surface area contributed by atoms with Gasteiger partial charge in [0, 0.05) is 37.6 Å². The van der Waals surface area contributed by atoms with E-state index in [1.807, 2.05) is 6.07 Å². The van der Waals surface area contributed by atoms with Crippen molar-refractivity contribution in [3.63, 3.8) is 0 Å². The number of hydrogen-bond acceptors (Lipinski definition) is 5. The maximum absolute atomic E-state index is 13.4. The van der Waals surface area contributed by atoms with Gasteiger partial charge in [-0.2, -0.15) is 5.26 Å². The van der Waals surface area contributed by atoms with Crippen molar-refractivity contribution >= 4 is 22.2 Å². The highest BCUT2D eigenvalue weighted by atomic mass is 32.1. The molecule has 0 spiro atoms. The van der Waals surface area contributed by atoms with Crippen LogP contribution >= 0.6 is 11.3 Å². The molecule has 1 saturated heterocycles. The van der Waals surface area contributed by atoms with Crippen LogP contribution in [-0.4, -0.2) is 48.4 Å². The van der Waals surface area contributed by atoms with Crippen LogP contribution in [0.1, 0.15) is 40.8 Å². The first-order chi connectivity index (χ1) is 14.6. The van der Waals surface area contributed by atoms with Crippen LogP contribution in [0.25, 0.3) is 0 Å². The minimum Gasteiger partial charge on any atom is -0.315 e. The first-order valence-electron chi connectivity index (χ1n) is 10.7. The van der Waals surface area contributed by atoms with Gasteiger partial charge in [0.25, 0.3) is 0 Å². The SMILES string of the molecule is N#Cc1c(NC(=O)CN2CCN(Cc3cccc(F)c3)CC2)sc2c1CCCCC2. The molecule has 0 atom stereocenters. The molecule has 1 fully saturated rings. The Morgan fingerprint density at radius 3 is 2.67 bits per heavy atom. The van der Waals surface area contributed by atoms with Crippen molar-refractivity contribution in [2.75, 3.05) is 38.0 Å². The molecule has 0 bridgehead atoms.